The summed E-state index contributed by atoms with van der Waals surface area (Å²) >= 11 is 5.21. The third kappa shape index (κ3) is 4.04. The van der Waals surface area contributed by atoms with Crippen LogP contribution in [-0.2, 0) is 12.4 Å². The molecule has 0 saturated heterocycles. The van der Waals surface area contributed by atoms with Gasteiger partial charge in [0.05, 0.1) is 11.1 Å². The molecule has 0 atom stereocenters. The van der Waals surface area contributed by atoms with E-state index >= 15 is 0 Å². The van der Waals surface area contributed by atoms with E-state index in [0.717, 1.165) is 36.4 Å². The molecule has 0 aliphatic heterocycles. The molecule has 0 aromatic heterocycles. The van der Waals surface area contributed by atoms with Crippen LogP contribution in [0, 0.1) is 0 Å². The van der Waals surface area contributed by atoms with Crippen LogP contribution in [0.4, 0.5) is 26.3 Å². The maximum atomic E-state index is 12.8. The molecule has 0 N–H and O–H groups in total. The van der Waals surface area contributed by atoms with Gasteiger partial charge < -0.3 is 0 Å². The maximum Gasteiger partial charge on any atom is 0.416 e. The molecule has 0 aliphatic carbocycles. The Morgan fingerprint density at radius 3 is 1.70 bits per heavy atom. The second kappa shape index (κ2) is 5.88. The topological polar surface area (TPSA) is 17.1 Å². The van der Waals surface area contributed by atoms with Crippen LogP contribution >= 0.6 is 11.6 Å². The van der Waals surface area contributed by atoms with Crippen molar-refractivity contribution < 1.29 is 31.1 Å². The van der Waals surface area contributed by atoms with E-state index in [1.807, 2.05) is 0 Å². The van der Waals surface area contributed by atoms with E-state index in [9.17, 15) is 31.1 Å². The summed E-state index contributed by atoms with van der Waals surface area (Å²) in [6, 6.07) is 5.97. The molecule has 2 aromatic carbocycles. The van der Waals surface area contributed by atoms with Crippen molar-refractivity contribution in [2.45, 2.75) is 12.4 Å². The average Bonchev–Trinajstić information content (AvgIpc) is 2.45. The largest absolute Gasteiger partial charge is 0.416 e. The summed E-state index contributed by atoms with van der Waals surface area (Å²) in [4.78, 5) is 11.1. The van der Waals surface area contributed by atoms with Gasteiger partial charge in [0.25, 0.3) is 5.24 Å². The van der Waals surface area contributed by atoms with E-state index in [-0.39, 0.29) is 11.1 Å². The van der Waals surface area contributed by atoms with Crippen molar-refractivity contribution in [3.63, 3.8) is 0 Å². The quantitative estimate of drug-likeness (QED) is 0.495. The highest BCUT2D eigenvalue weighted by Crippen LogP contribution is 2.35. The number of halogens is 7. The van der Waals surface area contributed by atoms with Crippen LogP contribution in [0.3, 0.4) is 0 Å². The van der Waals surface area contributed by atoms with Crippen LogP contribution in [-0.4, -0.2) is 5.24 Å². The summed E-state index contributed by atoms with van der Waals surface area (Å²) in [5, 5.41) is -1.09. The first-order valence-corrected chi connectivity index (χ1v) is 6.46. The number of carbonyl (C=O) groups is 1. The van der Waals surface area contributed by atoms with Crippen molar-refractivity contribution in [2.24, 2.45) is 0 Å². The lowest BCUT2D eigenvalue weighted by Gasteiger charge is -2.12. The van der Waals surface area contributed by atoms with E-state index in [2.05, 4.69) is 0 Å². The maximum absolute atomic E-state index is 12.8. The molecule has 0 heterocycles. The molecule has 0 spiro atoms. The lowest BCUT2D eigenvalue weighted by molar-refractivity contribution is -0.138. The van der Waals surface area contributed by atoms with Crippen LogP contribution in [0.2, 0.25) is 0 Å². The minimum Gasteiger partial charge on any atom is -0.276 e. The van der Waals surface area contributed by atoms with E-state index in [1.54, 1.807) is 0 Å². The molecule has 2 rings (SSSR count). The fraction of sp³-hybridized carbons (Fsp3) is 0.133. The van der Waals surface area contributed by atoms with Crippen LogP contribution in [0.1, 0.15) is 21.5 Å². The van der Waals surface area contributed by atoms with Gasteiger partial charge in [-0.15, -0.1) is 0 Å². The first-order valence-electron chi connectivity index (χ1n) is 6.08. The van der Waals surface area contributed by atoms with Crippen LogP contribution < -0.4 is 0 Å². The molecular formula is C15H7ClF6O. The summed E-state index contributed by atoms with van der Waals surface area (Å²) in [5.41, 5.74) is -2.39. The molecule has 0 amide bonds. The van der Waals surface area contributed by atoms with Gasteiger partial charge in [-0.25, -0.2) is 0 Å². The number of hydrogen-bond acceptors (Lipinski definition) is 1. The van der Waals surface area contributed by atoms with Crippen molar-refractivity contribution >= 4 is 16.8 Å². The van der Waals surface area contributed by atoms with Gasteiger partial charge in [0.2, 0.25) is 0 Å². The Hall–Kier alpha value is -2.02. The minimum absolute atomic E-state index is 0.0578. The highest BCUT2D eigenvalue weighted by molar-refractivity contribution is 6.67. The van der Waals surface area contributed by atoms with Gasteiger partial charge in [-0.2, -0.15) is 26.3 Å². The van der Waals surface area contributed by atoms with Crippen molar-refractivity contribution in [1.82, 2.24) is 0 Å². The van der Waals surface area contributed by atoms with Crippen LogP contribution in [0.15, 0.2) is 42.5 Å². The molecule has 8 heteroatoms. The molecule has 0 aliphatic rings. The van der Waals surface area contributed by atoms with Gasteiger partial charge in [0.1, 0.15) is 0 Å². The molecule has 0 radical (unpaired) electrons. The summed E-state index contributed by atoms with van der Waals surface area (Å²) in [7, 11) is 0. The lowest BCUT2D eigenvalue weighted by Crippen LogP contribution is -2.07. The molecular weight excluding hydrogens is 346 g/mol. The third-order valence-electron chi connectivity index (χ3n) is 3.03. The Morgan fingerprint density at radius 2 is 1.26 bits per heavy atom. The Bertz CT molecular complexity index is 731. The molecule has 2 aromatic rings. The first kappa shape index (κ1) is 17.3. The van der Waals surface area contributed by atoms with Crippen molar-refractivity contribution in [1.29, 1.82) is 0 Å². The summed E-state index contributed by atoms with van der Waals surface area (Å²) < 4.78 is 76.0. The smallest absolute Gasteiger partial charge is 0.276 e. The molecule has 0 saturated carbocycles. The highest BCUT2D eigenvalue weighted by atomic mass is 35.5. The van der Waals surface area contributed by atoms with Gasteiger partial charge in [-0.1, -0.05) is 12.1 Å². The van der Waals surface area contributed by atoms with Crippen molar-refractivity contribution in [3.05, 3.63) is 59.2 Å². The first-order chi connectivity index (χ1) is 10.5. The van der Waals surface area contributed by atoms with E-state index in [0.29, 0.717) is 6.07 Å². The Morgan fingerprint density at radius 1 is 0.739 bits per heavy atom. The molecule has 23 heavy (non-hydrogen) atoms. The molecule has 0 bridgehead atoms. The zero-order valence-corrected chi connectivity index (χ0v) is 11.9. The lowest BCUT2D eigenvalue weighted by atomic mass is 9.99. The predicted octanol–water partition coefficient (Wildman–Crippen LogP) is 5.77. The standard InChI is InChI=1S/C15H7ClF6O/c16-13(23)10-5-9(6-12(7-10)15(20,21)22)8-1-3-11(4-2-8)14(17,18)19/h1-7H. The van der Waals surface area contributed by atoms with Crippen LogP contribution in [0.5, 0.6) is 0 Å². The fourth-order valence-corrected chi connectivity index (χ4v) is 2.03. The van der Waals surface area contributed by atoms with Gasteiger partial charge >= 0.3 is 12.4 Å². The SMILES string of the molecule is O=C(Cl)c1cc(-c2ccc(C(F)(F)F)cc2)cc(C(F)(F)F)c1. The number of benzene rings is 2. The fourth-order valence-electron chi connectivity index (χ4n) is 1.92. The van der Waals surface area contributed by atoms with Gasteiger partial charge in [0, 0.05) is 5.56 Å². The molecule has 122 valence electrons. The van der Waals surface area contributed by atoms with Crippen LogP contribution in [0.25, 0.3) is 11.1 Å². The number of alkyl halides is 6. The van der Waals surface area contributed by atoms with Crippen molar-refractivity contribution in [2.75, 3.05) is 0 Å². The number of carbonyl (C=O) groups excluding carboxylic acids is 1. The molecule has 1 nitrogen and oxygen atoms in total. The highest BCUT2D eigenvalue weighted by Gasteiger charge is 2.32. The third-order valence-corrected chi connectivity index (χ3v) is 3.25. The minimum atomic E-state index is -4.72. The Labute approximate surface area is 131 Å². The zero-order chi connectivity index (χ0) is 17.4. The summed E-state index contributed by atoms with van der Waals surface area (Å²) in [6.07, 6.45) is -9.27. The Balaban J connectivity index is 2.54. The van der Waals surface area contributed by atoms with Gasteiger partial charge in [-0.05, 0) is 53.1 Å². The predicted molar refractivity (Wildman–Crippen MR) is 72.1 cm³/mol. The molecule has 0 unspecified atom stereocenters. The Kier molecular flexibility index (Phi) is 4.43. The van der Waals surface area contributed by atoms with Crippen molar-refractivity contribution in [3.8, 4) is 11.1 Å². The van der Waals surface area contributed by atoms with E-state index < -0.39 is 34.3 Å². The summed E-state index contributed by atoms with van der Waals surface area (Å²) in [6.45, 7) is 0. The van der Waals surface area contributed by atoms with E-state index in [1.165, 1.54) is 0 Å². The van der Waals surface area contributed by atoms with Gasteiger partial charge in [-0.3, -0.25) is 4.79 Å². The number of hydrogen-bond donors (Lipinski definition) is 0. The second-order valence-electron chi connectivity index (χ2n) is 4.65. The molecule has 0 fully saturated rings. The monoisotopic (exact) mass is 352 g/mol. The number of rotatable bonds is 2. The summed E-state index contributed by atoms with van der Waals surface area (Å²) in [5.74, 6) is 0. The second-order valence-corrected chi connectivity index (χ2v) is 4.99. The average molecular weight is 353 g/mol. The van der Waals surface area contributed by atoms with Gasteiger partial charge in [0.15, 0.2) is 0 Å². The normalized spacial score (nSPS) is 12.3. The van der Waals surface area contributed by atoms with E-state index in [4.69, 9.17) is 11.6 Å². The zero-order valence-electron chi connectivity index (χ0n) is 11.1.